The molecule has 0 aliphatic carbocycles. The van der Waals surface area contributed by atoms with Crippen LogP contribution in [-0.2, 0) is 11.3 Å². The number of carbonyl (C=O) groups is 1. The minimum atomic E-state index is -0.637. The Bertz CT molecular complexity index is 1600. The lowest BCUT2D eigenvalue weighted by Gasteiger charge is -2.10. The van der Waals surface area contributed by atoms with Crippen molar-refractivity contribution in [1.82, 2.24) is 14.5 Å². The van der Waals surface area contributed by atoms with Gasteiger partial charge in [0.1, 0.15) is 12.4 Å². The van der Waals surface area contributed by atoms with E-state index in [0.29, 0.717) is 16.7 Å². The van der Waals surface area contributed by atoms with Gasteiger partial charge < -0.3 is 5.32 Å². The van der Waals surface area contributed by atoms with Crippen LogP contribution in [0, 0.1) is 0 Å². The molecular weight excluding hydrogens is 404 g/mol. The SMILES string of the molecule is O=C(Cn1c(=O)[nH]c(=O)c2ccccc21)Nc1cccc(-c2ccc3ccccc3c2)n1. The largest absolute Gasteiger partial charge is 0.329 e. The van der Waals surface area contributed by atoms with E-state index in [2.05, 4.69) is 21.4 Å². The summed E-state index contributed by atoms with van der Waals surface area (Å²) >= 11 is 0. The van der Waals surface area contributed by atoms with Crippen LogP contribution in [0.15, 0.2) is 94.5 Å². The molecule has 3 aromatic carbocycles. The third kappa shape index (κ3) is 3.67. The van der Waals surface area contributed by atoms with Crippen molar-refractivity contribution in [3.05, 3.63) is 106 Å². The highest BCUT2D eigenvalue weighted by Gasteiger charge is 2.12. The molecule has 156 valence electrons. The van der Waals surface area contributed by atoms with Crippen molar-refractivity contribution >= 4 is 33.4 Å². The summed E-state index contributed by atoms with van der Waals surface area (Å²) < 4.78 is 1.24. The van der Waals surface area contributed by atoms with Gasteiger partial charge in [-0.2, -0.15) is 0 Å². The number of hydrogen-bond donors (Lipinski definition) is 2. The number of benzene rings is 3. The second-order valence-corrected chi connectivity index (χ2v) is 7.38. The van der Waals surface area contributed by atoms with Crippen LogP contribution in [0.1, 0.15) is 0 Å². The average Bonchev–Trinajstić information content (AvgIpc) is 2.81. The van der Waals surface area contributed by atoms with Crippen molar-refractivity contribution in [3.63, 3.8) is 0 Å². The molecule has 5 rings (SSSR count). The molecule has 0 aliphatic rings. The van der Waals surface area contributed by atoms with Crippen LogP contribution in [0.3, 0.4) is 0 Å². The van der Waals surface area contributed by atoms with Crippen molar-refractivity contribution in [3.8, 4) is 11.3 Å². The number of aromatic amines is 1. The smallest absolute Gasteiger partial charge is 0.309 e. The lowest BCUT2D eigenvalue weighted by atomic mass is 10.0. The number of H-pyrrole nitrogens is 1. The fraction of sp³-hybridized carbons (Fsp3) is 0.0400. The third-order valence-corrected chi connectivity index (χ3v) is 5.27. The fourth-order valence-corrected chi connectivity index (χ4v) is 3.74. The van der Waals surface area contributed by atoms with E-state index < -0.39 is 17.2 Å². The lowest BCUT2D eigenvalue weighted by Crippen LogP contribution is -2.34. The van der Waals surface area contributed by atoms with E-state index >= 15 is 0 Å². The number of hydrogen-bond acceptors (Lipinski definition) is 4. The second kappa shape index (κ2) is 7.96. The van der Waals surface area contributed by atoms with Gasteiger partial charge in [0, 0.05) is 5.56 Å². The molecule has 0 aliphatic heterocycles. The Labute approximate surface area is 182 Å². The summed E-state index contributed by atoms with van der Waals surface area (Å²) in [6, 6.07) is 26.2. The summed E-state index contributed by atoms with van der Waals surface area (Å²) in [7, 11) is 0. The normalized spacial score (nSPS) is 11.0. The zero-order chi connectivity index (χ0) is 22.1. The molecule has 32 heavy (non-hydrogen) atoms. The second-order valence-electron chi connectivity index (χ2n) is 7.38. The van der Waals surface area contributed by atoms with Gasteiger partial charge in [-0.1, -0.05) is 54.6 Å². The molecule has 7 nitrogen and oxygen atoms in total. The van der Waals surface area contributed by atoms with Gasteiger partial charge in [-0.05, 0) is 41.1 Å². The molecule has 2 aromatic heterocycles. The summed E-state index contributed by atoms with van der Waals surface area (Å²) in [5, 5.41) is 5.33. The van der Waals surface area contributed by atoms with Crippen molar-refractivity contribution in [1.29, 1.82) is 0 Å². The Morgan fingerprint density at radius 1 is 0.875 bits per heavy atom. The van der Waals surface area contributed by atoms with Crippen molar-refractivity contribution in [2.24, 2.45) is 0 Å². The maximum atomic E-state index is 12.7. The number of rotatable bonds is 4. The minimum absolute atomic E-state index is 0.252. The molecule has 0 fully saturated rings. The first-order chi connectivity index (χ1) is 15.6. The molecule has 0 bridgehead atoms. The predicted molar refractivity (Wildman–Crippen MR) is 125 cm³/mol. The number of aromatic nitrogens is 3. The van der Waals surface area contributed by atoms with Crippen molar-refractivity contribution < 1.29 is 4.79 Å². The number of carbonyl (C=O) groups excluding carboxylic acids is 1. The summed E-state index contributed by atoms with van der Waals surface area (Å²) in [4.78, 5) is 43.8. The Morgan fingerprint density at radius 3 is 2.53 bits per heavy atom. The summed E-state index contributed by atoms with van der Waals surface area (Å²) in [6.45, 7) is -0.252. The maximum Gasteiger partial charge on any atom is 0.329 e. The van der Waals surface area contributed by atoms with Crippen molar-refractivity contribution in [2.45, 2.75) is 6.54 Å². The highest BCUT2D eigenvalue weighted by Crippen LogP contribution is 2.24. The van der Waals surface area contributed by atoms with Crippen LogP contribution in [0.4, 0.5) is 5.82 Å². The van der Waals surface area contributed by atoms with E-state index in [-0.39, 0.29) is 6.54 Å². The van der Waals surface area contributed by atoms with Crippen molar-refractivity contribution in [2.75, 3.05) is 5.32 Å². The summed E-state index contributed by atoms with van der Waals surface area (Å²) in [6.07, 6.45) is 0. The van der Waals surface area contributed by atoms with Gasteiger partial charge in [0.15, 0.2) is 0 Å². The zero-order valence-corrected chi connectivity index (χ0v) is 16.9. The van der Waals surface area contributed by atoms with E-state index in [0.717, 1.165) is 22.0 Å². The first kappa shape index (κ1) is 19.4. The highest BCUT2D eigenvalue weighted by molar-refractivity contribution is 5.91. The number of para-hydroxylation sites is 1. The van der Waals surface area contributed by atoms with Gasteiger partial charge in [0.2, 0.25) is 5.91 Å². The quantitative estimate of drug-likeness (QED) is 0.463. The predicted octanol–water partition coefficient (Wildman–Crippen LogP) is 3.54. The average molecular weight is 422 g/mol. The monoisotopic (exact) mass is 422 g/mol. The Morgan fingerprint density at radius 2 is 1.66 bits per heavy atom. The molecule has 0 atom stereocenters. The Kier molecular flexibility index (Phi) is 4.84. The molecule has 0 saturated carbocycles. The summed E-state index contributed by atoms with van der Waals surface area (Å²) in [5.41, 5.74) is 0.936. The molecule has 0 spiro atoms. The van der Waals surface area contributed by atoms with Crippen LogP contribution >= 0.6 is 0 Å². The van der Waals surface area contributed by atoms with E-state index in [9.17, 15) is 14.4 Å². The Hall–Kier alpha value is -4.52. The fourth-order valence-electron chi connectivity index (χ4n) is 3.74. The van der Waals surface area contributed by atoms with E-state index in [1.807, 2.05) is 48.5 Å². The number of pyridine rings is 1. The first-order valence-electron chi connectivity index (χ1n) is 10.1. The van der Waals surface area contributed by atoms with Gasteiger partial charge in [0.25, 0.3) is 5.56 Å². The molecule has 2 heterocycles. The number of anilines is 1. The van der Waals surface area contributed by atoms with E-state index in [1.54, 1.807) is 30.3 Å². The van der Waals surface area contributed by atoms with Gasteiger partial charge >= 0.3 is 5.69 Å². The molecule has 7 heteroatoms. The maximum absolute atomic E-state index is 12.7. The lowest BCUT2D eigenvalue weighted by molar-refractivity contribution is -0.116. The standard InChI is InChI=1S/C25H18N4O3/c30-23(15-29-21-10-4-3-8-19(21)24(31)28-25(29)32)27-22-11-5-9-20(26-22)18-13-12-16-6-1-2-7-17(16)14-18/h1-14H,15H2,(H,26,27,30)(H,28,31,32). The van der Waals surface area contributed by atoms with Crippen LogP contribution in [0.2, 0.25) is 0 Å². The van der Waals surface area contributed by atoms with Crippen LogP contribution in [0.5, 0.6) is 0 Å². The van der Waals surface area contributed by atoms with E-state index in [1.165, 1.54) is 4.57 Å². The molecule has 0 saturated heterocycles. The van der Waals surface area contributed by atoms with Crippen LogP contribution < -0.4 is 16.6 Å². The number of nitrogens with zero attached hydrogens (tertiary/aromatic N) is 2. The van der Waals surface area contributed by atoms with Gasteiger partial charge in [0.05, 0.1) is 16.6 Å². The molecule has 5 aromatic rings. The molecule has 0 unspecified atom stereocenters. The molecule has 1 amide bonds. The Balaban J connectivity index is 1.42. The number of fused-ring (bicyclic) bond motifs is 2. The number of amides is 1. The third-order valence-electron chi connectivity index (χ3n) is 5.27. The summed E-state index contributed by atoms with van der Waals surface area (Å²) in [5.74, 6) is -0.0464. The molecular formula is C25H18N4O3. The topological polar surface area (TPSA) is 96.9 Å². The molecule has 2 N–H and O–H groups in total. The van der Waals surface area contributed by atoms with Gasteiger partial charge in [-0.3, -0.25) is 19.1 Å². The molecule has 0 radical (unpaired) electrons. The zero-order valence-electron chi connectivity index (χ0n) is 16.9. The minimum Gasteiger partial charge on any atom is -0.309 e. The van der Waals surface area contributed by atoms with Gasteiger partial charge in [-0.25, -0.2) is 9.78 Å². The first-order valence-corrected chi connectivity index (χ1v) is 10.1. The van der Waals surface area contributed by atoms with Crippen LogP contribution in [-0.4, -0.2) is 20.4 Å². The van der Waals surface area contributed by atoms with Gasteiger partial charge in [-0.15, -0.1) is 0 Å². The van der Waals surface area contributed by atoms with E-state index in [4.69, 9.17) is 0 Å². The highest BCUT2D eigenvalue weighted by atomic mass is 16.2. The number of nitrogens with one attached hydrogen (secondary N) is 2. The van der Waals surface area contributed by atoms with Crippen LogP contribution in [0.25, 0.3) is 32.9 Å².